The summed E-state index contributed by atoms with van der Waals surface area (Å²) < 4.78 is 0. The second kappa shape index (κ2) is 4.25. The molecule has 0 saturated carbocycles. The lowest BCUT2D eigenvalue weighted by atomic mass is 9.74. The third-order valence-electron chi connectivity index (χ3n) is 4.89. The van der Waals surface area contributed by atoms with Crippen molar-refractivity contribution >= 4 is 5.91 Å². The molecule has 2 aliphatic rings. The van der Waals surface area contributed by atoms with E-state index in [1.165, 1.54) is 19.3 Å². The maximum atomic E-state index is 12.8. The standard InChI is InChI=1S/C16H29NO/c1-15(2,3)12-9-7-11-8-10-13(16(4,5)6)17(11)14(12)18/h11-13H,7-10H2,1-6H3. The van der Waals surface area contributed by atoms with Crippen LogP contribution in [-0.2, 0) is 4.79 Å². The van der Waals surface area contributed by atoms with Crippen LogP contribution < -0.4 is 0 Å². The number of amides is 1. The van der Waals surface area contributed by atoms with E-state index in [0.29, 0.717) is 18.0 Å². The minimum atomic E-state index is 0.104. The number of carbonyl (C=O) groups excluding carboxylic acids is 1. The summed E-state index contributed by atoms with van der Waals surface area (Å²) >= 11 is 0. The second-order valence-electron chi connectivity index (χ2n) is 8.35. The molecule has 0 spiro atoms. The van der Waals surface area contributed by atoms with E-state index in [9.17, 15) is 4.79 Å². The predicted molar refractivity (Wildman–Crippen MR) is 75.3 cm³/mol. The predicted octanol–water partition coefficient (Wildman–Crippen LogP) is 3.85. The lowest BCUT2D eigenvalue weighted by molar-refractivity contribution is -0.149. The summed E-state index contributed by atoms with van der Waals surface area (Å²) in [5, 5.41) is 0. The number of fused-ring (bicyclic) bond motifs is 1. The van der Waals surface area contributed by atoms with E-state index in [1.807, 2.05) is 0 Å². The number of hydrogen-bond acceptors (Lipinski definition) is 1. The third-order valence-corrected chi connectivity index (χ3v) is 4.89. The molecule has 0 aromatic carbocycles. The topological polar surface area (TPSA) is 20.3 Å². The van der Waals surface area contributed by atoms with Crippen molar-refractivity contribution in [1.29, 1.82) is 0 Å². The van der Waals surface area contributed by atoms with E-state index in [1.54, 1.807) is 0 Å². The Labute approximate surface area is 112 Å². The van der Waals surface area contributed by atoms with Crippen molar-refractivity contribution in [3.8, 4) is 0 Å². The SMILES string of the molecule is CC(C)(C)C1CCC2CCC(C(C)(C)C)N2C1=O. The molecule has 2 heterocycles. The molecule has 0 N–H and O–H groups in total. The summed E-state index contributed by atoms with van der Waals surface area (Å²) in [6.45, 7) is 13.4. The van der Waals surface area contributed by atoms with Gasteiger partial charge in [0.15, 0.2) is 0 Å². The van der Waals surface area contributed by atoms with Crippen LogP contribution in [0.5, 0.6) is 0 Å². The molecule has 2 aliphatic heterocycles. The Bertz CT molecular complexity index is 334. The van der Waals surface area contributed by atoms with Gasteiger partial charge in [-0.15, -0.1) is 0 Å². The second-order valence-corrected chi connectivity index (χ2v) is 8.35. The van der Waals surface area contributed by atoms with Gasteiger partial charge in [0.25, 0.3) is 0 Å². The summed E-state index contributed by atoms with van der Waals surface area (Å²) in [5.41, 5.74) is 0.317. The van der Waals surface area contributed by atoms with Gasteiger partial charge in [0.05, 0.1) is 0 Å². The molecule has 2 saturated heterocycles. The van der Waals surface area contributed by atoms with Crippen molar-refractivity contribution in [1.82, 2.24) is 4.90 Å². The lowest BCUT2D eigenvalue weighted by Crippen LogP contribution is -2.54. The lowest BCUT2D eigenvalue weighted by Gasteiger charge is -2.46. The van der Waals surface area contributed by atoms with E-state index in [-0.39, 0.29) is 16.7 Å². The summed E-state index contributed by atoms with van der Waals surface area (Å²) in [4.78, 5) is 15.1. The first-order valence-electron chi connectivity index (χ1n) is 7.44. The molecule has 2 fully saturated rings. The Balaban J connectivity index is 2.24. The smallest absolute Gasteiger partial charge is 0.226 e. The highest BCUT2D eigenvalue weighted by atomic mass is 16.2. The van der Waals surface area contributed by atoms with E-state index >= 15 is 0 Å². The quantitative estimate of drug-likeness (QED) is 0.640. The molecule has 0 aliphatic carbocycles. The monoisotopic (exact) mass is 251 g/mol. The number of piperidine rings is 1. The van der Waals surface area contributed by atoms with Crippen molar-refractivity contribution < 1.29 is 4.79 Å². The van der Waals surface area contributed by atoms with Crippen LogP contribution in [0, 0.1) is 16.7 Å². The molecule has 1 amide bonds. The fourth-order valence-corrected chi connectivity index (χ4v) is 3.82. The molecule has 0 aromatic heterocycles. The van der Waals surface area contributed by atoms with Gasteiger partial charge < -0.3 is 4.90 Å². The van der Waals surface area contributed by atoms with Crippen LogP contribution in [0.4, 0.5) is 0 Å². The number of carbonyl (C=O) groups is 1. The van der Waals surface area contributed by atoms with Gasteiger partial charge in [-0.05, 0) is 36.5 Å². The van der Waals surface area contributed by atoms with Gasteiger partial charge >= 0.3 is 0 Å². The Hall–Kier alpha value is -0.530. The van der Waals surface area contributed by atoms with Gasteiger partial charge in [0.2, 0.25) is 5.91 Å². The van der Waals surface area contributed by atoms with Gasteiger partial charge in [-0.2, -0.15) is 0 Å². The largest absolute Gasteiger partial charge is 0.336 e. The van der Waals surface area contributed by atoms with Gasteiger partial charge in [-0.1, -0.05) is 41.5 Å². The first kappa shape index (κ1) is 13.9. The number of nitrogens with zero attached hydrogens (tertiary/aromatic N) is 1. The van der Waals surface area contributed by atoms with E-state index in [2.05, 4.69) is 46.4 Å². The van der Waals surface area contributed by atoms with E-state index in [4.69, 9.17) is 0 Å². The van der Waals surface area contributed by atoms with Crippen LogP contribution in [0.15, 0.2) is 0 Å². The fourth-order valence-electron chi connectivity index (χ4n) is 3.82. The first-order valence-corrected chi connectivity index (χ1v) is 7.44. The Kier molecular flexibility index (Phi) is 3.28. The molecular formula is C16H29NO. The highest BCUT2D eigenvalue weighted by Gasteiger charge is 2.49. The minimum Gasteiger partial charge on any atom is -0.336 e. The summed E-state index contributed by atoms with van der Waals surface area (Å²) in [6.07, 6.45) is 4.70. The Morgan fingerprint density at radius 3 is 1.94 bits per heavy atom. The molecule has 0 aromatic rings. The van der Waals surface area contributed by atoms with Crippen LogP contribution in [0.25, 0.3) is 0 Å². The maximum absolute atomic E-state index is 12.8. The van der Waals surface area contributed by atoms with Crippen LogP contribution in [-0.4, -0.2) is 22.9 Å². The normalized spacial score (nSPS) is 33.8. The van der Waals surface area contributed by atoms with Crippen LogP contribution in [0.3, 0.4) is 0 Å². The zero-order chi connectivity index (χ0) is 13.7. The summed E-state index contributed by atoms with van der Waals surface area (Å²) in [6, 6.07) is 0.973. The molecule has 3 unspecified atom stereocenters. The molecule has 0 radical (unpaired) electrons. The molecule has 104 valence electrons. The molecule has 18 heavy (non-hydrogen) atoms. The van der Waals surface area contributed by atoms with Crippen LogP contribution in [0.1, 0.15) is 67.2 Å². The average molecular weight is 251 g/mol. The van der Waals surface area contributed by atoms with E-state index in [0.717, 1.165) is 6.42 Å². The fraction of sp³-hybridized carbons (Fsp3) is 0.938. The minimum absolute atomic E-state index is 0.104. The molecule has 2 rings (SSSR count). The highest BCUT2D eigenvalue weighted by Crippen LogP contribution is 2.45. The Morgan fingerprint density at radius 1 is 0.889 bits per heavy atom. The molecule has 3 atom stereocenters. The summed E-state index contributed by atoms with van der Waals surface area (Å²) in [5.74, 6) is 0.646. The first-order chi connectivity index (χ1) is 8.12. The zero-order valence-corrected chi connectivity index (χ0v) is 12.9. The van der Waals surface area contributed by atoms with Crippen LogP contribution in [0.2, 0.25) is 0 Å². The zero-order valence-electron chi connectivity index (χ0n) is 12.9. The number of hydrogen-bond donors (Lipinski definition) is 0. The van der Waals surface area contributed by atoms with Gasteiger partial charge in [-0.25, -0.2) is 0 Å². The van der Waals surface area contributed by atoms with Gasteiger partial charge in [-0.3, -0.25) is 4.79 Å². The summed E-state index contributed by atoms with van der Waals surface area (Å²) in [7, 11) is 0. The van der Waals surface area contributed by atoms with Crippen molar-refractivity contribution in [3.05, 3.63) is 0 Å². The van der Waals surface area contributed by atoms with Crippen molar-refractivity contribution in [2.24, 2.45) is 16.7 Å². The van der Waals surface area contributed by atoms with Crippen molar-refractivity contribution in [2.45, 2.75) is 79.3 Å². The highest BCUT2D eigenvalue weighted by molar-refractivity contribution is 5.81. The van der Waals surface area contributed by atoms with Crippen molar-refractivity contribution in [3.63, 3.8) is 0 Å². The maximum Gasteiger partial charge on any atom is 0.226 e. The molecule has 2 heteroatoms. The van der Waals surface area contributed by atoms with Crippen LogP contribution >= 0.6 is 0 Å². The average Bonchev–Trinajstić information content (AvgIpc) is 2.59. The van der Waals surface area contributed by atoms with Gasteiger partial charge in [0.1, 0.15) is 0 Å². The Morgan fingerprint density at radius 2 is 1.44 bits per heavy atom. The number of rotatable bonds is 0. The molecule has 0 bridgehead atoms. The van der Waals surface area contributed by atoms with E-state index < -0.39 is 0 Å². The van der Waals surface area contributed by atoms with Crippen molar-refractivity contribution in [2.75, 3.05) is 0 Å². The molecular weight excluding hydrogens is 222 g/mol. The third kappa shape index (κ3) is 2.31. The molecule has 2 nitrogen and oxygen atoms in total. The van der Waals surface area contributed by atoms with Gasteiger partial charge in [0, 0.05) is 18.0 Å².